The van der Waals surface area contributed by atoms with E-state index in [2.05, 4.69) is 5.32 Å². The first kappa shape index (κ1) is 14.1. The SMILES string of the molecule is CC(C)CN1C(=O)NC(=O)C(CCC(=O)O)C1=O. The van der Waals surface area contributed by atoms with E-state index in [1.165, 1.54) is 0 Å². The zero-order valence-electron chi connectivity index (χ0n) is 10.3. The summed E-state index contributed by atoms with van der Waals surface area (Å²) in [5.41, 5.74) is 0. The molecule has 1 atom stereocenters. The highest BCUT2D eigenvalue weighted by molar-refractivity contribution is 6.16. The first-order chi connectivity index (χ1) is 8.32. The molecule has 18 heavy (non-hydrogen) atoms. The minimum absolute atomic E-state index is 0.0769. The Balaban J connectivity index is 2.78. The van der Waals surface area contributed by atoms with E-state index in [0.29, 0.717) is 0 Å². The number of amides is 4. The van der Waals surface area contributed by atoms with Gasteiger partial charge in [0.25, 0.3) is 0 Å². The number of urea groups is 1. The number of barbiturate groups is 1. The fraction of sp³-hybridized carbons (Fsp3) is 0.636. The van der Waals surface area contributed by atoms with Crippen LogP contribution < -0.4 is 5.32 Å². The molecule has 2 N–H and O–H groups in total. The Bertz CT molecular complexity index is 391. The van der Waals surface area contributed by atoms with Crippen molar-refractivity contribution in [2.24, 2.45) is 11.8 Å². The third-order valence-corrected chi connectivity index (χ3v) is 2.55. The van der Waals surface area contributed by atoms with Gasteiger partial charge in [-0.2, -0.15) is 0 Å². The topological polar surface area (TPSA) is 104 Å². The molecule has 0 bridgehead atoms. The Hall–Kier alpha value is -1.92. The van der Waals surface area contributed by atoms with Crippen LogP contribution >= 0.6 is 0 Å². The first-order valence-electron chi connectivity index (χ1n) is 5.71. The van der Waals surface area contributed by atoms with Gasteiger partial charge in [-0.3, -0.25) is 24.6 Å². The molecule has 0 aromatic carbocycles. The number of carboxylic acids is 1. The van der Waals surface area contributed by atoms with E-state index < -0.39 is 29.7 Å². The van der Waals surface area contributed by atoms with Gasteiger partial charge in [0.05, 0.1) is 0 Å². The van der Waals surface area contributed by atoms with Gasteiger partial charge < -0.3 is 5.11 Å². The second kappa shape index (κ2) is 5.61. The number of aliphatic carboxylic acids is 1. The molecule has 1 aliphatic rings. The van der Waals surface area contributed by atoms with Gasteiger partial charge in [0, 0.05) is 13.0 Å². The molecule has 4 amide bonds. The van der Waals surface area contributed by atoms with Crippen molar-refractivity contribution >= 4 is 23.8 Å². The highest BCUT2D eigenvalue weighted by atomic mass is 16.4. The monoisotopic (exact) mass is 256 g/mol. The lowest BCUT2D eigenvalue weighted by atomic mass is 9.98. The van der Waals surface area contributed by atoms with E-state index in [4.69, 9.17) is 5.11 Å². The van der Waals surface area contributed by atoms with E-state index in [-0.39, 0.29) is 25.3 Å². The Morgan fingerprint density at radius 1 is 1.39 bits per heavy atom. The van der Waals surface area contributed by atoms with Gasteiger partial charge >= 0.3 is 12.0 Å². The molecule has 1 heterocycles. The predicted molar refractivity (Wildman–Crippen MR) is 60.4 cm³/mol. The number of carbonyl (C=O) groups excluding carboxylic acids is 3. The van der Waals surface area contributed by atoms with E-state index in [1.54, 1.807) is 0 Å². The normalized spacial score (nSPS) is 20.3. The van der Waals surface area contributed by atoms with Crippen molar-refractivity contribution < 1.29 is 24.3 Å². The van der Waals surface area contributed by atoms with Crippen LogP contribution in [-0.2, 0) is 14.4 Å². The summed E-state index contributed by atoms with van der Waals surface area (Å²) in [4.78, 5) is 46.3. The van der Waals surface area contributed by atoms with Crippen LogP contribution in [0.4, 0.5) is 4.79 Å². The second-order valence-electron chi connectivity index (χ2n) is 4.62. The summed E-state index contributed by atoms with van der Waals surface area (Å²) in [7, 11) is 0. The molecule has 0 aromatic rings. The maximum atomic E-state index is 11.9. The molecule has 0 aromatic heterocycles. The van der Waals surface area contributed by atoms with Crippen molar-refractivity contribution in [3.8, 4) is 0 Å². The molecule has 0 radical (unpaired) electrons. The minimum Gasteiger partial charge on any atom is -0.481 e. The fourth-order valence-corrected chi connectivity index (χ4v) is 1.72. The standard InChI is InChI=1S/C11H16N2O5/c1-6(2)5-13-10(17)7(3-4-8(14)15)9(16)12-11(13)18/h6-7H,3-5H2,1-2H3,(H,14,15)(H,12,16,18). The molecule has 1 fully saturated rings. The van der Waals surface area contributed by atoms with Crippen LogP contribution in [0.25, 0.3) is 0 Å². The number of rotatable bonds is 5. The van der Waals surface area contributed by atoms with Gasteiger partial charge in [0.2, 0.25) is 11.8 Å². The third kappa shape index (κ3) is 3.28. The summed E-state index contributed by atoms with van der Waals surface area (Å²) in [5.74, 6) is -3.42. The number of nitrogens with one attached hydrogen (secondary N) is 1. The maximum absolute atomic E-state index is 11.9. The molecule has 1 saturated heterocycles. The van der Waals surface area contributed by atoms with Crippen molar-refractivity contribution in [1.82, 2.24) is 10.2 Å². The first-order valence-corrected chi connectivity index (χ1v) is 5.71. The summed E-state index contributed by atoms with van der Waals surface area (Å²) in [6, 6.07) is -0.731. The Kier molecular flexibility index (Phi) is 4.41. The van der Waals surface area contributed by atoms with Crippen LogP contribution in [0.15, 0.2) is 0 Å². The van der Waals surface area contributed by atoms with Gasteiger partial charge in [-0.1, -0.05) is 13.8 Å². The fourth-order valence-electron chi connectivity index (χ4n) is 1.72. The largest absolute Gasteiger partial charge is 0.481 e. The van der Waals surface area contributed by atoms with Crippen LogP contribution in [0.3, 0.4) is 0 Å². The molecule has 1 aliphatic heterocycles. The van der Waals surface area contributed by atoms with Crippen molar-refractivity contribution in [2.45, 2.75) is 26.7 Å². The number of carbonyl (C=O) groups is 4. The van der Waals surface area contributed by atoms with E-state index in [9.17, 15) is 19.2 Å². The molecule has 1 unspecified atom stereocenters. The third-order valence-electron chi connectivity index (χ3n) is 2.55. The lowest BCUT2D eigenvalue weighted by Crippen LogP contribution is -2.58. The zero-order valence-corrected chi connectivity index (χ0v) is 10.3. The Morgan fingerprint density at radius 3 is 2.50 bits per heavy atom. The summed E-state index contributed by atoms with van der Waals surface area (Å²) < 4.78 is 0. The summed E-state index contributed by atoms with van der Waals surface area (Å²) >= 11 is 0. The van der Waals surface area contributed by atoms with Crippen molar-refractivity contribution in [3.05, 3.63) is 0 Å². The lowest BCUT2D eigenvalue weighted by Gasteiger charge is -2.30. The van der Waals surface area contributed by atoms with Crippen LogP contribution in [0.1, 0.15) is 26.7 Å². The van der Waals surface area contributed by atoms with Crippen LogP contribution in [0.2, 0.25) is 0 Å². The number of carboxylic acid groups (broad SMARTS) is 1. The molecule has 7 nitrogen and oxygen atoms in total. The van der Waals surface area contributed by atoms with Gasteiger partial charge in [-0.05, 0) is 12.3 Å². The Morgan fingerprint density at radius 2 is 2.00 bits per heavy atom. The predicted octanol–water partition coefficient (Wildman–Crippen LogP) is 0.202. The van der Waals surface area contributed by atoms with E-state index in [0.717, 1.165) is 4.90 Å². The number of hydrogen-bond acceptors (Lipinski definition) is 4. The molecule has 7 heteroatoms. The molecular weight excluding hydrogens is 240 g/mol. The molecule has 1 rings (SSSR count). The highest BCUT2D eigenvalue weighted by Crippen LogP contribution is 2.17. The van der Waals surface area contributed by atoms with Crippen molar-refractivity contribution in [1.29, 1.82) is 0 Å². The average Bonchev–Trinajstić information content (AvgIpc) is 2.23. The lowest BCUT2D eigenvalue weighted by molar-refractivity contribution is -0.144. The van der Waals surface area contributed by atoms with Crippen molar-refractivity contribution in [2.75, 3.05) is 6.54 Å². The minimum atomic E-state index is -1.09. The van der Waals surface area contributed by atoms with Crippen LogP contribution in [0.5, 0.6) is 0 Å². The van der Waals surface area contributed by atoms with Gasteiger partial charge in [-0.15, -0.1) is 0 Å². The summed E-state index contributed by atoms with van der Waals surface area (Å²) in [6.45, 7) is 3.88. The molecule has 100 valence electrons. The van der Waals surface area contributed by atoms with Crippen LogP contribution in [0, 0.1) is 11.8 Å². The van der Waals surface area contributed by atoms with E-state index >= 15 is 0 Å². The average molecular weight is 256 g/mol. The number of imide groups is 2. The number of nitrogens with zero attached hydrogens (tertiary/aromatic N) is 1. The smallest absolute Gasteiger partial charge is 0.330 e. The van der Waals surface area contributed by atoms with Crippen molar-refractivity contribution in [3.63, 3.8) is 0 Å². The second-order valence-corrected chi connectivity index (χ2v) is 4.62. The summed E-state index contributed by atoms with van der Waals surface area (Å²) in [5, 5.41) is 10.6. The van der Waals surface area contributed by atoms with Crippen LogP contribution in [-0.4, -0.2) is 40.4 Å². The number of hydrogen-bond donors (Lipinski definition) is 2. The molecular formula is C11H16N2O5. The quantitative estimate of drug-likeness (QED) is 0.684. The molecule has 0 spiro atoms. The zero-order chi connectivity index (χ0) is 13.9. The highest BCUT2D eigenvalue weighted by Gasteiger charge is 2.40. The van der Waals surface area contributed by atoms with E-state index in [1.807, 2.05) is 13.8 Å². The van der Waals surface area contributed by atoms with Gasteiger partial charge in [0.1, 0.15) is 5.92 Å². The summed E-state index contributed by atoms with van der Waals surface area (Å²) in [6.07, 6.45) is -0.380. The van der Waals surface area contributed by atoms with Gasteiger partial charge in [0.15, 0.2) is 0 Å². The molecule has 0 saturated carbocycles. The Labute approximate surface area is 104 Å². The van der Waals surface area contributed by atoms with Gasteiger partial charge in [-0.25, -0.2) is 4.79 Å². The molecule has 0 aliphatic carbocycles. The maximum Gasteiger partial charge on any atom is 0.330 e.